The molecule has 4 aromatic heterocycles. The third kappa shape index (κ3) is 12.0. The molecular formula is C50H58I2N4O14S2. The number of carboxylic acids is 2. The van der Waals surface area contributed by atoms with E-state index in [0.29, 0.717) is 11.1 Å². The van der Waals surface area contributed by atoms with Crippen molar-refractivity contribution in [2.45, 2.75) is 132 Å². The van der Waals surface area contributed by atoms with E-state index in [9.17, 15) is 48.6 Å². The van der Waals surface area contributed by atoms with E-state index in [-0.39, 0.29) is 68.7 Å². The third-order valence-corrected chi connectivity index (χ3v) is 15.6. The van der Waals surface area contributed by atoms with Crippen LogP contribution in [0.15, 0.2) is 67.7 Å². The van der Waals surface area contributed by atoms with Crippen LogP contribution in [0.3, 0.4) is 0 Å². The van der Waals surface area contributed by atoms with Gasteiger partial charge in [-0.2, -0.15) is 0 Å². The molecule has 388 valence electrons. The maximum absolute atomic E-state index is 13.8. The van der Waals surface area contributed by atoms with Crippen molar-refractivity contribution in [3.05, 3.63) is 129 Å². The molecule has 18 nitrogen and oxygen atoms in total. The molecule has 0 saturated carbocycles. The molecular weight excluding hydrogens is 1200 g/mol. The average Bonchev–Trinajstić information content (AvgIpc) is 3.83. The van der Waals surface area contributed by atoms with Crippen LogP contribution in [0.5, 0.6) is 0 Å². The number of aryl methyl sites for hydroxylation is 2. The summed E-state index contributed by atoms with van der Waals surface area (Å²) in [6, 6.07) is 15.3. The lowest BCUT2D eigenvalue weighted by molar-refractivity contribution is -0.146. The van der Waals surface area contributed by atoms with Crippen molar-refractivity contribution >= 4 is 112 Å². The zero-order valence-electron chi connectivity index (χ0n) is 41.9. The largest absolute Gasteiger partial charge is 0.480 e. The summed E-state index contributed by atoms with van der Waals surface area (Å²) < 4.78 is 28.9. The van der Waals surface area contributed by atoms with Gasteiger partial charge in [0.25, 0.3) is 11.1 Å². The lowest BCUT2D eigenvalue weighted by Gasteiger charge is -2.26. The lowest BCUT2D eigenvalue weighted by atomic mass is 10.1. The summed E-state index contributed by atoms with van der Waals surface area (Å²) in [5.74, 6) is -3.88. The molecule has 0 fully saturated rings. The number of rotatable bonds is 18. The van der Waals surface area contributed by atoms with Gasteiger partial charge in [0.05, 0.1) is 49.3 Å². The molecule has 0 aliphatic rings. The summed E-state index contributed by atoms with van der Waals surface area (Å²) in [6.45, 7) is 19.5. The van der Waals surface area contributed by atoms with Crippen LogP contribution >= 0.6 is 67.9 Å². The Morgan fingerprint density at radius 1 is 0.583 bits per heavy atom. The van der Waals surface area contributed by atoms with Gasteiger partial charge in [0.15, 0.2) is 0 Å². The summed E-state index contributed by atoms with van der Waals surface area (Å²) in [6.07, 6.45) is -1.51. The first-order valence-corrected chi connectivity index (χ1v) is 26.6. The van der Waals surface area contributed by atoms with Crippen LogP contribution in [0.25, 0.3) is 20.4 Å². The highest BCUT2D eigenvalue weighted by Crippen LogP contribution is 2.33. The minimum Gasteiger partial charge on any atom is -0.480 e. The van der Waals surface area contributed by atoms with Crippen molar-refractivity contribution in [1.29, 1.82) is 0 Å². The van der Waals surface area contributed by atoms with Gasteiger partial charge in [0, 0.05) is 7.14 Å². The molecule has 6 rings (SSSR count). The van der Waals surface area contributed by atoms with Crippen molar-refractivity contribution in [2.24, 2.45) is 0 Å². The zero-order valence-corrected chi connectivity index (χ0v) is 47.9. The maximum atomic E-state index is 13.8. The average molecular weight is 1260 g/mol. The predicted molar refractivity (Wildman–Crippen MR) is 292 cm³/mol. The first kappa shape index (κ1) is 57.9. The highest BCUT2D eigenvalue weighted by Gasteiger charge is 2.38. The fourth-order valence-electron chi connectivity index (χ4n) is 7.77. The van der Waals surface area contributed by atoms with Gasteiger partial charge >= 0.3 is 35.3 Å². The predicted octanol–water partition coefficient (Wildman–Crippen LogP) is 8.60. The molecule has 2 atom stereocenters. The van der Waals surface area contributed by atoms with Crippen LogP contribution in [-0.4, -0.2) is 77.8 Å². The summed E-state index contributed by atoms with van der Waals surface area (Å²) in [5.41, 5.74) is -4.46. The fraction of sp³-hybridized carbons (Fsp3) is 0.440. The Kier molecular flexibility index (Phi) is 18.9. The van der Waals surface area contributed by atoms with Gasteiger partial charge in [-0.05, 0) is 175 Å². The van der Waals surface area contributed by atoms with Gasteiger partial charge in [0.1, 0.15) is 42.7 Å². The Balaban J connectivity index is 0.000000267. The van der Waals surface area contributed by atoms with Crippen molar-refractivity contribution in [2.75, 3.05) is 13.2 Å². The SMILES string of the molecule is CCOC(=O)c1sc2c(c1C)c(=O)n(C(C)(C)C(=O)O)c(=O)n2C[C@@H](OC(C)C)c1ccc(I)cc1.CCOC(=O)c1sc2c(c1C)c(=O)n(C(C)(C)C(=O)O)c(=O)n2C[C@H](OC(C)C)c1ccc(I)cc1. The Morgan fingerprint density at radius 2 is 0.889 bits per heavy atom. The first-order valence-electron chi connectivity index (χ1n) is 22.8. The summed E-state index contributed by atoms with van der Waals surface area (Å²) >= 11 is 6.36. The van der Waals surface area contributed by atoms with Gasteiger partial charge < -0.3 is 29.2 Å². The fourth-order valence-corrected chi connectivity index (χ4v) is 10.9. The number of nitrogens with zero attached hydrogens (tertiary/aromatic N) is 4. The molecule has 2 aromatic carbocycles. The molecule has 0 aliphatic heterocycles. The van der Waals surface area contributed by atoms with E-state index in [2.05, 4.69) is 45.2 Å². The van der Waals surface area contributed by atoms with E-state index in [4.69, 9.17) is 18.9 Å². The molecule has 4 heterocycles. The van der Waals surface area contributed by atoms with Crippen molar-refractivity contribution < 1.29 is 48.3 Å². The van der Waals surface area contributed by atoms with Crippen LogP contribution in [-0.2, 0) is 52.7 Å². The van der Waals surface area contributed by atoms with Crippen molar-refractivity contribution in [3.8, 4) is 0 Å². The monoisotopic (exact) mass is 1260 g/mol. The maximum Gasteiger partial charge on any atom is 0.348 e. The Morgan fingerprint density at radius 3 is 1.15 bits per heavy atom. The van der Waals surface area contributed by atoms with Gasteiger partial charge in [-0.25, -0.2) is 37.9 Å². The topological polar surface area (TPSA) is 234 Å². The summed E-state index contributed by atoms with van der Waals surface area (Å²) in [7, 11) is 0. The van der Waals surface area contributed by atoms with Gasteiger partial charge in [-0.15, -0.1) is 22.7 Å². The molecule has 6 aromatic rings. The second kappa shape index (κ2) is 23.5. The first-order chi connectivity index (χ1) is 33.6. The minimum absolute atomic E-state index is 0.00625. The molecule has 22 heteroatoms. The molecule has 0 saturated heterocycles. The number of halogens is 2. The zero-order chi connectivity index (χ0) is 53.9. The Bertz CT molecular complexity index is 3050. The van der Waals surface area contributed by atoms with E-state index >= 15 is 0 Å². The van der Waals surface area contributed by atoms with E-state index in [1.54, 1.807) is 27.7 Å². The molecule has 72 heavy (non-hydrogen) atoms. The van der Waals surface area contributed by atoms with Crippen LogP contribution < -0.4 is 22.5 Å². The number of carboxylic acid groups (broad SMARTS) is 2. The number of thiophene rings is 2. The molecule has 0 aliphatic carbocycles. The number of fused-ring (bicyclic) bond motifs is 2. The lowest BCUT2D eigenvalue weighted by Crippen LogP contribution is -2.52. The molecule has 0 unspecified atom stereocenters. The number of carbonyl (C=O) groups is 4. The summed E-state index contributed by atoms with van der Waals surface area (Å²) in [4.78, 5) is 105. The number of benzene rings is 2. The number of aromatic nitrogens is 4. The second-order valence-corrected chi connectivity index (χ2v) is 22.6. The second-order valence-electron chi connectivity index (χ2n) is 18.2. The number of carbonyl (C=O) groups excluding carboxylic acids is 2. The summed E-state index contributed by atoms with van der Waals surface area (Å²) in [5, 5.41) is 19.9. The molecule has 0 amide bonds. The molecule has 0 bridgehead atoms. The van der Waals surface area contributed by atoms with Crippen molar-refractivity contribution in [1.82, 2.24) is 18.3 Å². The molecule has 0 radical (unpaired) electrons. The van der Waals surface area contributed by atoms with Crippen molar-refractivity contribution in [3.63, 3.8) is 0 Å². The van der Waals surface area contributed by atoms with Crippen LogP contribution in [0, 0.1) is 21.0 Å². The van der Waals surface area contributed by atoms with Gasteiger partial charge in [0.2, 0.25) is 0 Å². The number of hydrogen-bond acceptors (Lipinski definition) is 14. The normalized spacial score (nSPS) is 12.8. The molecule has 0 spiro atoms. The van der Waals surface area contributed by atoms with E-state index in [1.807, 2.05) is 76.2 Å². The van der Waals surface area contributed by atoms with E-state index in [1.165, 1.54) is 36.8 Å². The number of ether oxygens (including phenoxy) is 4. The van der Waals surface area contributed by atoms with Gasteiger partial charge in [-0.1, -0.05) is 24.3 Å². The van der Waals surface area contributed by atoms with E-state index in [0.717, 1.165) is 50.1 Å². The Hall–Kier alpha value is -5.02. The highest BCUT2D eigenvalue weighted by atomic mass is 127. The standard InChI is InChI=1S/2C25H29IN2O7S/c2*1-7-34-22(30)19-14(4)18-20(29)28(25(5,6)23(31)32)24(33)27(21(18)36-19)12-17(35-13(2)3)15-8-10-16(26)11-9-15/h2*8-11,13,17H,7,12H2,1-6H3,(H,31,32)/t2*17-/m10/s1. The number of hydrogen-bond donors (Lipinski definition) is 2. The van der Waals surface area contributed by atoms with E-state index < -0.39 is 69.7 Å². The quantitative estimate of drug-likeness (QED) is 0.0606. The van der Waals surface area contributed by atoms with Crippen LogP contribution in [0.1, 0.15) is 123 Å². The smallest absolute Gasteiger partial charge is 0.348 e. The van der Waals surface area contributed by atoms with Crippen LogP contribution in [0.4, 0.5) is 0 Å². The Labute approximate surface area is 449 Å². The highest BCUT2D eigenvalue weighted by molar-refractivity contribution is 14.1. The minimum atomic E-state index is -1.83. The molecule has 2 N–H and O–H groups in total. The number of esters is 2. The van der Waals surface area contributed by atoms with Gasteiger partial charge in [-0.3, -0.25) is 18.7 Å². The number of aliphatic carboxylic acids is 2. The third-order valence-electron chi connectivity index (χ3n) is 11.6. The van der Waals surface area contributed by atoms with Crippen LogP contribution in [0.2, 0.25) is 0 Å².